The molecule has 0 radical (unpaired) electrons. The highest BCUT2D eigenvalue weighted by Crippen LogP contribution is 2.42. The molecule has 0 unspecified atom stereocenters. The Balaban J connectivity index is 0.810. The first kappa shape index (κ1) is 40.7. The van der Waals surface area contributed by atoms with Crippen molar-refractivity contribution in [3.63, 3.8) is 0 Å². The van der Waals surface area contributed by atoms with Crippen LogP contribution in [0.15, 0.2) is 261 Å². The molecule has 5 nitrogen and oxygen atoms in total. The Morgan fingerprint density at radius 1 is 0.216 bits per heavy atom. The summed E-state index contributed by atoms with van der Waals surface area (Å²) in [6.07, 6.45) is 1.96. The van der Waals surface area contributed by atoms with Crippen LogP contribution in [-0.4, -0.2) is 23.3 Å². The van der Waals surface area contributed by atoms with Crippen LogP contribution in [0.3, 0.4) is 0 Å². The van der Waals surface area contributed by atoms with Gasteiger partial charge in [-0.15, -0.1) is 0 Å². The topological polar surface area (TPSA) is 32.6 Å². The van der Waals surface area contributed by atoms with Crippen LogP contribution in [-0.2, 0) is 0 Å². The molecule has 11 aromatic carbocycles. The van der Waals surface area contributed by atoms with E-state index in [9.17, 15) is 0 Å². The summed E-state index contributed by atoms with van der Waals surface area (Å²) in [7, 11) is 0. The summed E-state index contributed by atoms with van der Waals surface area (Å²) >= 11 is 0. The molecule has 0 fully saturated rings. The van der Waals surface area contributed by atoms with Crippen LogP contribution in [0, 0.1) is 0 Å². The smallest absolute Gasteiger partial charge is 0.0743 e. The average molecular weight is 942 g/mol. The Labute approximate surface area is 425 Å². The molecular weight excluding hydrogens is 899 g/mol. The Bertz CT molecular complexity index is 4950. The molecule has 0 saturated heterocycles. The van der Waals surface area contributed by atoms with Crippen molar-refractivity contribution in [2.75, 3.05) is 0 Å². The first-order valence-electron chi connectivity index (χ1n) is 25.4. The van der Waals surface area contributed by atoms with Crippen molar-refractivity contribution in [3.05, 3.63) is 261 Å². The van der Waals surface area contributed by atoms with E-state index in [1.165, 1.54) is 87.4 Å². The van der Waals surface area contributed by atoms with E-state index in [-0.39, 0.29) is 0 Å². The minimum absolute atomic E-state index is 0.939. The zero-order chi connectivity index (χ0) is 48.4. The monoisotopic (exact) mass is 941 g/mol. The minimum Gasteiger partial charge on any atom is -0.309 e. The van der Waals surface area contributed by atoms with Crippen LogP contribution in [0.25, 0.3) is 143 Å². The zero-order valence-corrected chi connectivity index (χ0v) is 40.1. The molecule has 0 amide bonds. The molecule has 5 aromatic heterocycles. The van der Waals surface area contributed by atoms with Crippen molar-refractivity contribution in [2.45, 2.75) is 0 Å². The summed E-state index contributed by atoms with van der Waals surface area (Å²) in [5.41, 5.74) is 19.6. The second kappa shape index (κ2) is 15.8. The Kier molecular flexibility index (Phi) is 8.68. The predicted molar refractivity (Wildman–Crippen MR) is 310 cm³/mol. The van der Waals surface area contributed by atoms with Crippen molar-refractivity contribution in [3.8, 4) is 45.0 Å². The van der Waals surface area contributed by atoms with Gasteiger partial charge in [0.1, 0.15) is 0 Å². The Morgan fingerprint density at radius 3 is 1.09 bits per heavy atom. The number of hydrogen-bond acceptors (Lipinski definition) is 1. The number of rotatable bonds is 6. The van der Waals surface area contributed by atoms with Crippen molar-refractivity contribution in [2.24, 2.45) is 0 Å². The maximum Gasteiger partial charge on any atom is 0.0743 e. The maximum atomic E-state index is 5.06. The van der Waals surface area contributed by atoms with Gasteiger partial charge in [0.25, 0.3) is 0 Å². The third-order valence-corrected chi connectivity index (χ3v) is 15.6. The lowest BCUT2D eigenvalue weighted by Crippen LogP contribution is -1.98. The van der Waals surface area contributed by atoms with Crippen LogP contribution in [0.4, 0.5) is 0 Å². The molecule has 5 heteroatoms. The SMILES string of the molecule is c1ccc(-n2c3ccccc3c3ccc(-c4ccc5c(c4)c4ccccc4n5-c4ccc5c(-n6c7ccccc7c7cc(-c8ccc9c%10ccccc%10n(-c%10ccccc%10)c9c8)ccc76)ccnc5c4)cc32)cc1. The number of para-hydroxylation sites is 6. The largest absolute Gasteiger partial charge is 0.309 e. The number of fused-ring (bicyclic) bond motifs is 13. The lowest BCUT2D eigenvalue weighted by Gasteiger charge is -2.14. The Morgan fingerprint density at radius 2 is 0.581 bits per heavy atom. The fraction of sp³-hybridized carbons (Fsp3) is 0. The molecule has 0 spiro atoms. The van der Waals surface area contributed by atoms with Crippen LogP contribution < -0.4 is 0 Å². The molecule has 16 aromatic rings. The lowest BCUT2D eigenvalue weighted by atomic mass is 10.0. The molecular formula is C69H43N5. The van der Waals surface area contributed by atoms with Crippen LogP contribution >= 0.6 is 0 Å². The van der Waals surface area contributed by atoms with Crippen LogP contribution in [0.5, 0.6) is 0 Å². The van der Waals surface area contributed by atoms with Gasteiger partial charge in [-0.1, -0.05) is 146 Å². The second-order valence-electron chi connectivity index (χ2n) is 19.5. The predicted octanol–water partition coefficient (Wildman–Crippen LogP) is 18.0. The summed E-state index contributed by atoms with van der Waals surface area (Å²) in [6.45, 7) is 0. The standard InChI is InChI=1S/C69H43N5/c1-3-15-48(16-4-1)71-61-23-11-7-19-51(61)55-32-27-46(41-68(55)71)44-29-35-65-58(39-44)53-21-9-13-25-63(53)73(65)50-31-34-57-60(43-50)70-38-37-67(57)74-64-26-14-10-22-54(64)59-40-45(30-36-66(59)74)47-28-33-56-52-20-8-12-24-62(52)72(69(56)42-47)49-17-5-2-6-18-49/h1-43H. The van der Waals surface area contributed by atoms with Gasteiger partial charge in [0.15, 0.2) is 0 Å². The molecule has 344 valence electrons. The van der Waals surface area contributed by atoms with Crippen molar-refractivity contribution in [1.82, 2.24) is 23.3 Å². The Hall–Kier alpha value is -9.97. The van der Waals surface area contributed by atoms with Gasteiger partial charge in [-0.3, -0.25) is 4.98 Å². The van der Waals surface area contributed by atoms with Gasteiger partial charge in [0.05, 0.1) is 55.3 Å². The highest BCUT2D eigenvalue weighted by molar-refractivity contribution is 6.15. The molecule has 0 aliphatic heterocycles. The molecule has 74 heavy (non-hydrogen) atoms. The van der Waals surface area contributed by atoms with E-state index in [4.69, 9.17) is 4.98 Å². The first-order valence-corrected chi connectivity index (χ1v) is 25.4. The molecule has 0 atom stereocenters. The molecule has 0 aliphatic carbocycles. The minimum atomic E-state index is 0.939. The average Bonchev–Trinajstić information content (AvgIpc) is 4.19. The number of aromatic nitrogens is 5. The fourth-order valence-electron chi connectivity index (χ4n) is 12.3. The number of nitrogens with zero attached hydrogens (tertiary/aromatic N) is 5. The van der Waals surface area contributed by atoms with E-state index in [1.54, 1.807) is 0 Å². The van der Waals surface area contributed by atoms with E-state index < -0.39 is 0 Å². The van der Waals surface area contributed by atoms with Crippen molar-refractivity contribution < 1.29 is 0 Å². The van der Waals surface area contributed by atoms with E-state index in [1.807, 2.05) is 6.20 Å². The molecule has 16 rings (SSSR count). The third-order valence-electron chi connectivity index (χ3n) is 15.6. The molecule has 0 N–H and O–H groups in total. The summed E-state index contributed by atoms with van der Waals surface area (Å²) < 4.78 is 9.61. The molecule has 0 aliphatic rings. The second-order valence-corrected chi connectivity index (χ2v) is 19.5. The van der Waals surface area contributed by atoms with E-state index in [0.717, 1.165) is 55.7 Å². The third kappa shape index (κ3) is 5.95. The van der Waals surface area contributed by atoms with Gasteiger partial charge in [0.2, 0.25) is 0 Å². The lowest BCUT2D eigenvalue weighted by molar-refractivity contribution is 1.17. The van der Waals surface area contributed by atoms with E-state index in [0.29, 0.717) is 0 Å². The highest BCUT2D eigenvalue weighted by Gasteiger charge is 2.20. The van der Waals surface area contributed by atoms with E-state index in [2.05, 4.69) is 273 Å². The number of hydrogen-bond donors (Lipinski definition) is 0. The maximum absolute atomic E-state index is 5.06. The highest BCUT2D eigenvalue weighted by atomic mass is 15.0. The van der Waals surface area contributed by atoms with Crippen LogP contribution in [0.1, 0.15) is 0 Å². The number of benzene rings is 11. The van der Waals surface area contributed by atoms with Gasteiger partial charge in [-0.2, -0.15) is 0 Å². The molecule has 0 bridgehead atoms. The summed E-state index contributed by atoms with van der Waals surface area (Å²) in [5.74, 6) is 0. The normalized spacial score (nSPS) is 12.1. The first-order chi connectivity index (χ1) is 36.7. The van der Waals surface area contributed by atoms with Gasteiger partial charge < -0.3 is 18.3 Å². The van der Waals surface area contributed by atoms with Gasteiger partial charge >= 0.3 is 0 Å². The van der Waals surface area contributed by atoms with Gasteiger partial charge in [-0.25, -0.2) is 0 Å². The summed E-state index contributed by atoms with van der Waals surface area (Å²) in [4.78, 5) is 5.06. The number of pyridine rings is 1. The van der Waals surface area contributed by atoms with Gasteiger partial charge in [0, 0.05) is 71.7 Å². The van der Waals surface area contributed by atoms with E-state index >= 15 is 0 Å². The van der Waals surface area contributed by atoms with Crippen LogP contribution in [0.2, 0.25) is 0 Å². The van der Waals surface area contributed by atoms with Crippen molar-refractivity contribution >= 4 is 98.1 Å². The summed E-state index contributed by atoms with van der Waals surface area (Å²) in [6, 6.07) is 93.1. The van der Waals surface area contributed by atoms with Crippen molar-refractivity contribution in [1.29, 1.82) is 0 Å². The fourth-order valence-corrected chi connectivity index (χ4v) is 12.3. The molecule has 5 heterocycles. The zero-order valence-electron chi connectivity index (χ0n) is 40.1. The quantitative estimate of drug-likeness (QED) is 0.163. The van der Waals surface area contributed by atoms with Gasteiger partial charge in [-0.05, 0) is 131 Å². The molecule has 0 saturated carbocycles. The summed E-state index contributed by atoms with van der Waals surface area (Å²) in [5, 5.41) is 11.0.